The van der Waals surface area contributed by atoms with Gasteiger partial charge in [0.25, 0.3) is 5.91 Å². The lowest BCUT2D eigenvalue weighted by Crippen LogP contribution is -2.43. The predicted molar refractivity (Wildman–Crippen MR) is 99.9 cm³/mol. The zero-order valence-electron chi connectivity index (χ0n) is 14.7. The monoisotopic (exact) mass is 359 g/mol. The number of hydrogen-bond donors (Lipinski definition) is 1. The topological polar surface area (TPSA) is 92.1 Å². The number of nitriles is 1. The maximum absolute atomic E-state index is 12.8. The highest BCUT2D eigenvalue weighted by molar-refractivity contribution is 6.06. The molecule has 27 heavy (non-hydrogen) atoms. The first-order valence-electron chi connectivity index (χ1n) is 8.34. The average molecular weight is 359 g/mol. The minimum absolute atomic E-state index is 0.214. The number of methoxy groups -OCH3 is 1. The van der Waals surface area contributed by atoms with Crippen LogP contribution < -0.4 is 5.32 Å². The Morgan fingerprint density at radius 2 is 1.96 bits per heavy atom. The molecule has 3 rings (SSSR count). The van der Waals surface area contributed by atoms with E-state index in [4.69, 9.17) is 10.00 Å². The molecule has 0 aliphatic carbocycles. The molecule has 1 heterocycles. The van der Waals surface area contributed by atoms with Crippen LogP contribution in [-0.4, -0.2) is 30.0 Å². The van der Waals surface area contributed by atoms with E-state index in [9.17, 15) is 9.59 Å². The molecule has 1 amide bonds. The minimum atomic E-state index is -0.879. The highest BCUT2D eigenvalue weighted by atomic mass is 16.5. The van der Waals surface area contributed by atoms with Crippen molar-refractivity contribution < 1.29 is 14.3 Å². The zero-order valence-corrected chi connectivity index (χ0v) is 14.7. The molecule has 0 saturated heterocycles. The van der Waals surface area contributed by atoms with Crippen molar-refractivity contribution >= 4 is 22.8 Å². The summed E-state index contributed by atoms with van der Waals surface area (Å²) in [6, 6.07) is 17.0. The van der Waals surface area contributed by atoms with E-state index in [1.165, 1.54) is 7.11 Å². The molecule has 0 fully saturated rings. The van der Waals surface area contributed by atoms with E-state index in [-0.39, 0.29) is 6.42 Å². The van der Waals surface area contributed by atoms with Crippen molar-refractivity contribution in [2.45, 2.75) is 12.5 Å². The fourth-order valence-corrected chi connectivity index (χ4v) is 2.86. The summed E-state index contributed by atoms with van der Waals surface area (Å²) in [5.74, 6) is -0.968. The van der Waals surface area contributed by atoms with Gasteiger partial charge in [-0.15, -0.1) is 0 Å². The Morgan fingerprint density at radius 1 is 1.19 bits per heavy atom. The summed E-state index contributed by atoms with van der Waals surface area (Å²) in [6.45, 7) is 0. The standard InChI is InChI=1S/C21H17N3O3/c1-27-21(26)18(12-14-5-2-6-15(11-14)13-22)24-20(25)17-9-3-7-16-8-4-10-23-19(16)17/h2-11,18H,12H2,1H3,(H,24,25)/t18-/m0/s1. The molecule has 0 aliphatic heterocycles. The second kappa shape index (κ2) is 8.11. The Morgan fingerprint density at radius 3 is 2.74 bits per heavy atom. The number of hydrogen-bond acceptors (Lipinski definition) is 5. The first-order valence-corrected chi connectivity index (χ1v) is 8.34. The van der Waals surface area contributed by atoms with Gasteiger partial charge in [-0.05, 0) is 29.8 Å². The molecule has 1 N–H and O–H groups in total. The number of nitrogens with one attached hydrogen (secondary N) is 1. The van der Waals surface area contributed by atoms with E-state index in [1.807, 2.05) is 12.1 Å². The quantitative estimate of drug-likeness (QED) is 0.707. The summed E-state index contributed by atoms with van der Waals surface area (Å²) in [5, 5.41) is 12.6. The van der Waals surface area contributed by atoms with E-state index in [0.29, 0.717) is 16.6 Å². The number of carbonyl (C=O) groups excluding carboxylic acids is 2. The third-order valence-electron chi connectivity index (χ3n) is 4.16. The van der Waals surface area contributed by atoms with Gasteiger partial charge in [0.15, 0.2) is 0 Å². The molecule has 0 aliphatic rings. The highest BCUT2D eigenvalue weighted by Gasteiger charge is 2.23. The normalized spacial score (nSPS) is 11.4. The van der Waals surface area contributed by atoms with Crippen LogP contribution in [0.4, 0.5) is 0 Å². The van der Waals surface area contributed by atoms with Crippen LogP contribution in [0.15, 0.2) is 60.8 Å². The van der Waals surface area contributed by atoms with Crippen molar-refractivity contribution in [3.05, 3.63) is 77.5 Å². The number of aromatic nitrogens is 1. The molecule has 6 nitrogen and oxygen atoms in total. The van der Waals surface area contributed by atoms with Gasteiger partial charge in [-0.3, -0.25) is 9.78 Å². The molecular weight excluding hydrogens is 342 g/mol. The smallest absolute Gasteiger partial charge is 0.328 e. The molecule has 2 aromatic carbocycles. The number of para-hydroxylation sites is 1. The Bertz CT molecular complexity index is 1030. The third kappa shape index (κ3) is 4.10. The van der Waals surface area contributed by atoms with Gasteiger partial charge in [0.1, 0.15) is 6.04 Å². The van der Waals surface area contributed by atoms with E-state index in [2.05, 4.69) is 16.4 Å². The fourth-order valence-electron chi connectivity index (χ4n) is 2.86. The van der Waals surface area contributed by atoms with Gasteiger partial charge < -0.3 is 10.1 Å². The van der Waals surface area contributed by atoms with Gasteiger partial charge >= 0.3 is 5.97 Å². The maximum atomic E-state index is 12.8. The summed E-state index contributed by atoms with van der Waals surface area (Å²) in [5.41, 5.74) is 2.18. The number of rotatable bonds is 5. The van der Waals surface area contributed by atoms with Crippen LogP contribution in [-0.2, 0) is 16.0 Å². The number of amides is 1. The van der Waals surface area contributed by atoms with Crippen molar-refractivity contribution in [1.29, 1.82) is 5.26 Å². The number of benzene rings is 2. The van der Waals surface area contributed by atoms with E-state index < -0.39 is 17.9 Å². The van der Waals surface area contributed by atoms with Gasteiger partial charge in [-0.2, -0.15) is 5.26 Å². The van der Waals surface area contributed by atoms with Gasteiger partial charge in [0, 0.05) is 18.0 Å². The van der Waals surface area contributed by atoms with Crippen molar-refractivity contribution in [1.82, 2.24) is 10.3 Å². The minimum Gasteiger partial charge on any atom is -0.467 e. The van der Waals surface area contributed by atoms with Crippen LogP contribution in [0.25, 0.3) is 10.9 Å². The summed E-state index contributed by atoms with van der Waals surface area (Å²) < 4.78 is 4.83. The molecular formula is C21H17N3O3. The summed E-state index contributed by atoms with van der Waals surface area (Å²) >= 11 is 0. The maximum Gasteiger partial charge on any atom is 0.328 e. The third-order valence-corrected chi connectivity index (χ3v) is 4.16. The number of nitrogens with zero attached hydrogens (tertiary/aromatic N) is 2. The van der Waals surface area contributed by atoms with Gasteiger partial charge in [0.2, 0.25) is 0 Å². The Balaban J connectivity index is 1.86. The lowest BCUT2D eigenvalue weighted by molar-refractivity contribution is -0.142. The lowest BCUT2D eigenvalue weighted by atomic mass is 10.0. The number of pyridine rings is 1. The van der Waals surface area contributed by atoms with Gasteiger partial charge in [-0.1, -0.05) is 30.3 Å². The van der Waals surface area contributed by atoms with Crippen LogP contribution >= 0.6 is 0 Å². The predicted octanol–water partition coefficient (Wildman–Crippen LogP) is 2.62. The average Bonchev–Trinajstić information content (AvgIpc) is 2.72. The first-order chi connectivity index (χ1) is 13.1. The molecule has 3 aromatic rings. The Labute approximate surface area is 156 Å². The second-order valence-electron chi connectivity index (χ2n) is 5.95. The molecule has 0 saturated carbocycles. The number of carbonyl (C=O) groups is 2. The van der Waals surface area contributed by atoms with Crippen molar-refractivity contribution in [2.24, 2.45) is 0 Å². The van der Waals surface area contributed by atoms with Crippen LogP contribution in [0, 0.1) is 11.3 Å². The fraction of sp³-hybridized carbons (Fsp3) is 0.143. The van der Waals surface area contributed by atoms with Crippen LogP contribution in [0.1, 0.15) is 21.5 Å². The zero-order chi connectivity index (χ0) is 19.2. The SMILES string of the molecule is COC(=O)[C@H](Cc1cccc(C#N)c1)NC(=O)c1cccc2cccnc12. The van der Waals surface area contributed by atoms with Gasteiger partial charge in [-0.25, -0.2) is 4.79 Å². The summed E-state index contributed by atoms with van der Waals surface area (Å²) in [4.78, 5) is 29.2. The molecule has 1 atom stereocenters. The van der Waals surface area contributed by atoms with Crippen LogP contribution in [0.2, 0.25) is 0 Å². The second-order valence-corrected chi connectivity index (χ2v) is 5.95. The van der Waals surface area contributed by atoms with E-state index >= 15 is 0 Å². The number of fused-ring (bicyclic) bond motifs is 1. The lowest BCUT2D eigenvalue weighted by Gasteiger charge is -2.17. The van der Waals surface area contributed by atoms with Gasteiger partial charge in [0.05, 0.1) is 29.8 Å². The van der Waals surface area contributed by atoms with Crippen molar-refractivity contribution in [3.63, 3.8) is 0 Å². The van der Waals surface area contributed by atoms with Crippen molar-refractivity contribution in [3.8, 4) is 6.07 Å². The highest BCUT2D eigenvalue weighted by Crippen LogP contribution is 2.16. The summed E-state index contributed by atoms with van der Waals surface area (Å²) in [6.07, 6.45) is 1.83. The molecule has 0 radical (unpaired) electrons. The first kappa shape index (κ1) is 18.1. The largest absolute Gasteiger partial charge is 0.467 e. The molecule has 6 heteroatoms. The number of ether oxygens (including phenoxy) is 1. The molecule has 0 spiro atoms. The Hall–Kier alpha value is -3.72. The van der Waals surface area contributed by atoms with Crippen LogP contribution in [0.5, 0.6) is 0 Å². The van der Waals surface area contributed by atoms with Crippen molar-refractivity contribution in [2.75, 3.05) is 7.11 Å². The van der Waals surface area contributed by atoms with E-state index in [1.54, 1.807) is 48.7 Å². The van der Waals surface area contributed by atoms with Crippen LogP contribution in [0.3, 0.4) is 0 Å². The molecule has 0 bridgehead atoms. The number of esters is 1. The summed E-state index contributed by atoms with van der Waals surface area (Å²) in [7, 11) is 1.27. The molecule has 1 aromatic heterocycles. The Kier molecular flexibility index (Phi) is 5.43. The molecule has 134 valence electrons. The molecule has 0 unspecified atom stereocenters. The van der Waals surface area contributed by atoms with E-state index in [0.717, 1.165) is 10.9 Å².